The molecule has 0 aromatic carbocycles. The molecule has 1 aliphatic heterocycles. The van der Waals surface area contributed by atoms with Gasteiger partial charge in [0.25, 0.3) is 0 Å². The summed E-state index contributed by atoms with van der Waals surface area (Å²) in [5, 5.41) is 0. The summed E-state index contributed by atoms with van der Waals surface area (Å²) in [6.45, 7) is 4.65. The third kappa shape index (κ3) is 614. The Morgan fingerprint density at radius 2 is 1.20 bits per heavy atom. The molecule has 1 aliphatic rings. The lowest BCUT2D eigenvalue weighted by Gasteiger charge is -1.53. The lowest BCUT2D eigenvalue weighted by Crippen LogP contribution is -1.87. The first kappa shape index (κ1) is 33.1. The number of epoxide rings is 1. The van der Waals surface area contributed by atoms with Crippen LogP contribution in [0, 0.1) is 0 Å². The highest BCUT2D eigenvalue weighted by Gasteiger charge is 1.94. The third-order valence-electron chi connectivity index (χ3n) is 0.204. The Balaban J connectivity index is -0.0000000119. The summed E-state index contributed by atoms with van der Waals surface area (Å²) in [6.07, 6.45) is 0. The highest BCUT2D eigenvalue weighted by molar-refractivity contribution is 4.36. The maximum Gasteiger partial charge on any atom is 0.0701 e. The summed E-state index contributed by atoms with van der Waals surface area (Å²) in [5.41, 5.74) is 4.85. The number of nitrogens with two attached hydrogens (primary N) is 1. The van der Waals surface area contributed by atoms with Crippen molar-refractivity contribution in [2.24, 2.45) is 5.73 Å². The smallest absolute Gasteiger partial charge is 0.0701 e. The summed E-state index contributed by atoms with van der Waals surface area (Å²) in [5.74, 6) is 0. The fourth-order valence-electron chi connectivity index (χ4n) is 0. The molecule has 0 unspecified atom stereocenters. The number of ether oxygens (including phenoxy) is 1. The topological polar surface area (TPSA) is 179 Å². The van der Waals surface area contributed by atoms with E-state index in [4.69, 9.17) is 5.73 Å². The monoisotopic (exact) mass is 157 g/mol. The van der Waals surface area contributed by atoms with Gasteiger partial charge in [-0.15, -0.1) is 0 Å². The average Bonchev–Trinajstić information content (AvgIpc) is 2.11. The maximum absolute atomic E-state index is 4.85. The Hall–Kier alpha value is -0.240. The zero-order valence-electron chi connectivity index (χ0n) is 6.94. The van der Waals surface area contributed by atoms with E-state index in [2.05, 4.69) is 4.74 Å². The van der Waals surface area contributed by atoms with Crippen LogP contribution < -0.4 is 30.3 Å². The van der Waals surface area contributed by atoms with Gasteiger partial charge in [-0.25, -0.2) is 0 Å². The first-order chi connectivity index (χ1) is 2.91. The maximum atomic E-state index is 4.85. The van der Waals surface area contributed by atoms with E-state index in [-0.39, 0.29) is 24.6 Å². The van der Waals surface area contributed by atoms with Gasteiger partial charge in [0.05, 0.1) is 13.2 Å². The van der Waals surface area contributed by atoms with E-state index < -0.39 is 0 Å². The second-order valence-corrected chi connectivity index (χ2v) is 1.02. The zero-order valence-corrected chi connectivity index (χ0v) is 6.94. The molecule has 0 aromatic heterocycles. The molecule has 0 aliphatic carbocycles. The first-order valence-corrected chi connectivity index (χ1v) is 2.19. The van der Waals surface area contributed by atoms with Gasteiger partial charge in [0, 0.05) is 0 Å². The summed E-state index contributed by atoms with van der Waals surface area (Å²) < 4.78 is 4.50. The number of hydrogen-bond donors (Lipinski definition) is 5. The molecule has 0 spiro atoms. The van der Waals surface area contributed by atoms with E-state index in [1.807, 2.05) is 6.92 Å². The van der Waals surface area contributed by atoms with Crippen LogP contribution in [-0.2, 0) is 4.74 Å². The van der Waals surface area contributed by atoms with Gasteiger partial charge in [0.1, 0.15) is 0 Å². The van der Waals surface area contributed by atoms with Crippen molar-refractivity contribution in [1.82, 2.24) is 24.6 Å². The average molecular weight is 157 g/mol. The molecule has 0 bridgehead atoms. The molecule has 1 fully saturated rings. The minimum atomic E-state index is 0. The minimum absolute atomic E-state index is 0. The van der Waals surface area contributed by atoms with Crippen molar-refractivity contribution in [1.29, 1.82) is 0 Å². The van der Waals surface area contributed by atoms with E-state index in [1.165, 1.54) is 0 Å². The Morgan fingerprint density at radius 3 is 1.20 bits per heavy atom. The van der Waals surface area contributed by atoms with Crippen molar-refractivity contribution in [3.05, 3.63) is 0 Å². The standard InChI is InChI=1S/C2H7N.C2H4O.4H3N/c1-2-3;1-2-3-1;;;;/h2-3H2,1H3;1-2H2;4*1H3. The van der Waals surface area contributed by atoms with E-state index in [0.29, 0.717) is 0 Å². The van der Waals surface area contributed by atoms with Crippen LogP contribution in [0.5, 0.6) is 0 Å². The Morgan fingerprint density at radius 1 is 1.10 bits per heavy atom. The fraction of sp³-hybridized carbons (Fsp3) is 1.00. The largest absolute Gasteiger partial charge is 0.377 e. The van der Waals surface area contributed by atoms with Crippen LogP contribution in [0.15, 0.2) is 0 Å². The highest BCUT2D eigenvalue weighted by Crippen LogP contribution is 1.84. The number of hydrogen-bond acceptors (Lipinski definition) is 6. The first-order valence-electron chi connectivity index (χ1n) is 2.19. The molecule has 1 rings (SSSR count). The second kappa shape index (κ2) is 37.3. The van der Waals surface area contributed by atoms with Gasteiger partial charge < -0.3 is 35.1 Å². The van der Waals surface area contributed by atoms with Crippen LogP contribution in [0.3, 0.4) is 0 Å². The van der Waals surface area contributed by atoms with E-state index >= 15 is 0 Å². The summed E-state index contributed by atoms with van der Waals surface area (Å²) in [6, 6.07) is 0. The van der Waals surface area contributed by atoms with Crippen molar-refractivity contribution in [2.45, 2.75) is 6.92 Å². The molecule has 6 nitrogen and oxygen atoms in total. The van der Waals surface area contributed by atoms with E-state index in [9.17, 15) is 0 Å². The van der Waals surface area contributed by atoms with Crippen LogP contribution >= 0.6 is 0 Å². The number of rotatable bonds is 0. The van der Waals surface area contributed by atoms with Crippen molar-refractivity contribution in [3.8, 4) is 0 Å². The van der Waals surface area contributed by atoms with Crippen molar-refractivity contribution in [3.63, 3.8) is 0 Å². The molecule has 0 amide bonds. The van der Waals surface area contributed by atoms with Crippen LogP contribution in [0.1, 0.15) is 6.92 Å². The summed E-state index contributed by atoms with van der Waals surface area (Å²) in [4.78, 5) is 0. The molecular formula is C4H23N5O. The summed E-state index contributed by atoms with van der Waals surface area (Å²) >= 11 is 0. The lowest BCUT2D eigenvalue weighted by molar-refractivity contribution is 0.475. The second-order valence-electron chi connectivity index (χ2n) is 1.02. The normalized spacial score (nSPS) is 9.00. The van der Waals surface area contributed by atoms with Crippen LogP contribution in [0.2, 0.25) is 0 Å². The Labute approximate surface area is 62.8 Å². The van der Waals surface area contributed by atoms with Crippen LogP contribution in [0.4, 0.5) is 0 Å². The van der Waals surface area contributed by atoms with Gasteiger partial charge in [-0.2, -0.15) is 0 Å². The van der Waals surface area contributed by atoms with Gasteiger partial charge >= 0.3 is 0 Å². The molecule has 6 heteroatoms. The molecule has 0 radical (unpaired) electrons. The molecular weight excluding hydrogens is 134 g/mol. The molecule has 1 heterocycles. The lowest BCUT2D eigenvalue weighted by atomic mass is 10.8. The Bertz CT molecular complexity index is 24.9. The third-order valence-corrected chi connectivity index (χ3v) is 0.204. The highest BCUT2D eigenvalue weighted by atomic mass is 16.6. The molecule has 0 atom stereocenters. The minimum Gasteiger partial charge on any atom is -0.377 e. The van der Waals surface area contributed by atoms with Gasteiger partial charge in [-0.3, -0.25) is 0 Å². The van der Waals surface area contributed by atoms with Crippen LogP contribution in [-0.4, -0.2) is 19.8 Å². The molecule has 14 N–H and O–H groups in total. The quantitative estimate of drug-likeness (QED) is 0.321. The predicted octanol–water partition coefficient (Wildman–Crippen LogP) is 0.630. The van der Waals surface area contributed by atoms with Gasteiger partial charge in [0.15, 0.2) is 0 Å². The van der Waals surface area contributed by atoms with Gasteiger partial charge in [0.2, 0.25) is 0 Å². The van der Waals surface area contributed by atoms with E-state index in [1.54, 1.807) is 0 Å². The van der Waals surface area contributed by atoms with Crippen molar-refractivity contribution >= 4 is 0 Å². The van der Waals surface area contributed by atoms with Gasteiger partial charge in [-0.05, 0) is 6.54 Å². The van der Waals surface area contributed by atoms with Gasteiger partial charge in [-0.1, -0.05) is 6.92 Å². The zero-order chi connectivity index (χ0) is 4.83. The molecule has 70 valence electrons. The fourth-order valence-corrected chi connectivity index (χ4v) is 0. The van der Waals surface area contributed by atoms with Crippen molar-refractivity contribution < 1.29 is 4.74 Å². The molecule has 0 saturated carbocycles. The van der Waals surface area contributed by atoms with E-state index in [0.717, 1.165) is 19.8 Å². The SMILES string of the molecule is C1CO1.CCN.N.N.N.N. The molecule has 1 saturated heterocycles. The van der Waals surface area contributed by atoms with Crippen molar-refractivity contribution in [2.75, 3.05) is 19.8 Å². The molecule has 0 aromatic rings. The Kier molecular flexibility index (Phi) is 123. The van der Waals surface area contributed by atoms with Crippen LogP contribution in [0.25, 0.3) is 0 Å². The summed E-state index contributed by atoms with van der Waals surface area (Å²) in [7, 11) is 0. The molecule has 10 heavy (non-hydrogen) atoms. The predicted molar refractivity (Wildman–Crippen MR) is 45.6 cm³/mol.